The molecule has 0 saturated heterocycles. The van der Waals surface area contributed by atoms with Gasteiger partial charge in [-0.3, -0.25) is 0 Å². The number of rotatable bonds is 4. The SMILES string of the molecule is CC(C)(C)OC(=O)N[C@@H](CC=O)c1sc(Cl)nc1Cl. The van der Waals surface area contributed by atoms with E-state index < -0.39 is 17.7 Å². The number of aldehydes is 1. The Hall–Kier alpha value is -0.850. The van der Waals surface area contributed by atoms with Gasteiger partial charge in [-0.2, -0.15) is 0 Å². The largest absolute Gasteiger partial charge is 0.444 e. The van der Waals surface area contributed by atoms with Crippen molar-refractivity contribution in [1.29, 1.82) is 0 Å². The highest BCUT2D eigenvalue weighted by Crippen LogP contribution is 2.33. The number of nitrogens with zero attached hydrogens (tertiary/aromatic N) is 1. The van der Waals surface area contributed by atoms with Gasteiger partial charge >= 0.3 is 6.09 Å². The van der Waals surface area contributed by atoms with Gasteiger partial charge in [-0.1, -0.05) is 23.2 Å². The highest BCUT2D eigenvalue weighted by Gasteiger charge is 2.24. The van der Waals surface area contributed by atoms with E-state index in [0.717, 1.165) is 11.3 Å². The number of halogens is 2. The van der Waals surface area contributed by atoms with E-state index in [1.165, 1.54) is 0 Å². The molecule has 0 aliphatic rings. The number of hydrogen-bond donors (Lipinski definition) is 1. The van der Waals surface area contributed by atoms with Crippen LogP contribution in [0.25, 0.3) is 0 Å². The van der Waals surface area contributed by atoms with Gasteiger partial charge in [0.25, 0.3) is 0 Å². The van der Waals surface area contributed by atoms with Gasteiger partial charge in [0.1, 0.15) is 17.0 Å². The molecule has 5 nitrogen and oxygen atoms in total. The number of aromatic nitrogens is 1. The smallest absolute Gasteiger partial charge is 0.408 e. The van der Waals surface area contributed by atoms with Crippen molar-refractivity contribution in [2.45, 2.75) is 38.8 Å². The van der Waals surface area contributed by atoms with E-state index >= 15 is 0 Å². The Morgan fingerprint density at radius 2 is 2.16 bits per heavy atom. The molecule has 19 heavy (non-hydrogen) atoms. The minimum atomic E-state index is -0.625. The fraction of sp³-hybridized carbons (Fsp3) is 0.545. The first-order valence-electron chi connectivity index (χ1n) is 5.48. The summed E-state index contributed by atoms with van der Waals surface area (Å²) in [5.74, 6) is 0. The average Bonchev–Trinajstić information content (AvgIpc) is 2.54. The fourth-order valence-electron chi connectivity index (χ4n) is 1.28. The van der Waals surface area contributed by atoms with Crippen molar-refractivity contribution in [2.75, 3.05) is 0 Å². The Labute approximate surface area is 125 Å². The van der Waals surface area contributed by atoms with Crippen molar-refractivity contribution < 1.29 is 14.3 Å². The molecular formula is C11H14Cl2N2O3S. The number of thiazole rings is 1. The molecule has 1 amide bonds. The minimum Gasteiger partial charge on any atom is -0.444 e. The van der Waals surface area contributed by atoms with Gasteiger partial charge in [0.2, 0.25) is 0 Å². The van der Waals surface area contributed by atoms with Gasteiger partial charge < -0.3 is 14.8 Å². The molecule has 1 rings (SSSR count). The molecule has 1 aromatic heterocycles. The van der Waals surface area contributed by atoms with E-state index in [0.29, 0.717) is 11.2 Å². The Balaban J connectivity index is 2.81. The molecule has 1 heterocycles. The van der Waals surface area contributed by atoms with E-state index in [2.05, 4.69) is 10.3 Å². The first-order chi connectivity index (χ1) is 8.73. The maximum absolute atomic E-state index is 11.7. The zero-order chi connectivity index (χ0) is 14.6. The van der Waals surface area contributed by atoms with Crippen LogP contribution in [-0.4, -0.2) is 23.0 Å². The van der Waals surface area contributed by atoms with Crippen LogP contribution in [0, 0.1) is 0 Å². The van der Waals surface area contributed by atoms with Gasteiger partial charge in [0, 0.05) is 6.42 Å². The predicted molar refractivity (Wildman–Crippen MR) is 74.9 cm³/mol. The molecular weight excluding hydrogens is 311 g/mol. The van der Waals surface area contributed by atoms with Crippen LogP contribution in [0.3, 0.4) is 0 Å². The lowest BCUT2D eigenvalue weighted by molar-refractivity contribution is -0.108. The third-order valence-corrected chi connectivity index (χ3v) is 3.60. The normalized spacial score (nSPS) is 12.9. The number of nitrogens with one attached hydrogen (secondary N) is 1. The van der Waals surface area contributed by atoms with Crippen molar-refractivity contribution in [2.24, 2.45) is 0 Å². The number of ether oxygens (including phenoxy) is 1. The summed E-state index contributed by atoms with van der Waals surface area (Å²) in [5.41, 5.74) is -0.620. The van der Waals surface area contributed by atoms with Crippen LogP contribution < -0.4 is 5.32 Å². The lowest BCUT2D eigenvalue weighted by atomic mass is 10.2. The van der Waals surface area contributed by atoms with Crippen molar-refractivity contribution in [3.8, 4) is 0 Å². The van der Waals surface area contributed by atoms with Gasteiger partial charge in [0.15, 0.2) is 4.47 Å². The van der Waals surface area contributed by atoms with Gasteiger partial charge in [-0.05, 0) is 20.8 Å². The molecule has 1 N–H and O–H groups in total. The maximum Gasteiger partial charge on any atom is 0.408 e. The number of carbonyl (C=O) groups is 2. The van der Waals surface area contributed by atoms with Crippen molar-refractivity contribution >= 4 is 46.9 Å². The van der Waals surface area contributed by atoms with Crippen LogP contribution in [-0.2, 0) is 9.53 Å². The Morgan fingerprint density at radius 3 is 2.58 bits per heavy atom. The lowest BCUT2D eigenvalue weighted by Gasteiger charge is -2.22. The van der Waals surface area contributed by atoms with Crippen LogP contribution in [0.1, 0.15) is 38.1 Å². The maximum atomic E-state index is 11.7. The Morgan fingerprint density at radius 1 is 1.53 bits per heavy atom. The van der Waals surface area contributed by atoms with E-state index in [1.807, 2.05) is 0 Å². The molecule has 0 unspecified atom stereocenters. The van der Waals surface area contributed by atoms with Crippen molar-refractivity contribution in [1.82, 2.24) is 10.3 Å². The number of carbonyl (C=O) groups excluding carboxylic acids is 2. The first-order valence-corrected chi connectivity index (χ1v) is 7.05. The second-order valence-corrected chi connectivity index (χ2v) is 6.69. The molecule has 106 valence electrons. The summed E-state index contributed by atoms with van der Waals surface area (Å²) in [6, 6.07) is -0.593. The standard InChI is InChI=1S/C11H14Cl2N2O3S/c1-11(2,3)18-10(17)14-6(4-5-16)7-8(12)15-9(13)19-7/h5-6H,4H2,1-3H3,(H,14,17)/t6-/m0/s1. The quantitative estimate of drug-likeness (QED) is 0.859. The minimum absolute atomic E-state index is 0.0669. The molecule has 8 heteroatoms. The summed E-state index contributed by atoms with van der Waals surface area (Å²) in [4.78, 5) is 26.8. The summed E-state index contributed by atoms with van der Waals surface area (Å²) in [5, 5.41) is 2.76. The molecule has 1 atom stereocenters. The van der Waals surface area contributed by atoms with Crippen LogP contribution in [0.5, 0.6) is 0 Å². The van der Waals surface area contributed by atoms with E-state index in [4.69, 9.17) is 27.9 Å². The molecule has 0 spiro atoms. The predicted octanol–water partition coefficient (Wildman–Crippen LogP) is 3.60. The summed E-state index contributed by atoms with van der Waals surface area (Å²) in [7, 11) is 0. The molecule has 0 radical (unpaired) electrons. The highest BCUT2D eigenvalue weighted by molar-refractivity contribution is 7.16. The van der Waals surface area contributed by atoms with Crippen molar-refractivity contribution in [3.05, 3.63) is 14.5 Å². The molecule has 0 saturated carbocycles. The molecule has 0 aliphatic heterocycles. The third-order valence-electron chi connectivity index (χ3n) is 1.92. The van der Waals surface area contributed by atoms with Crippen molar-refractivity contribution in [3.63, 3.8) is 0 Å². The monoisotopic (exact) mass is 324 g/mol. The first kappa shape index (κ1) is 16.2. The Kier molecular flexibility index (Phi) is 5.58. The number of alkyl carbamates (subject to hydrolysis) is 1. The van der Waals surface area contributed by atoms with Crippen LogP contribution in [0.4, 0.5) is 4.79 Å². The second kappa shape index (κ2) is 6.54. The van der Waals surface area contributed by atoms with Gasteiger partial charge in [0.05, 0.1) is 10.9 Å². The third kappa shape index (κ3) is 5.34. The summed E-state index contributed by atoms with van der Waals surface area (Å²) >= 11 is 12.8. The van der Waals surface area contributed by atoms with Gasteiger partial charge in [-0.25, -0.2) is 9.78 Å². The van der Waals surface area contributed by atoms with Gasteiger partial charge in [-0.15, -0.1) is 11.3 Å². The zero-order valence-electron chi connectivity index (χ0n) is 10.7. The van der Waals surface area contributed by atoms with Crippen LogP contribution in [0.15, 0.2) is 0 Å². The molecule has 0 aromatic carbocycles. The average molecular weight is 325 g/mol. The summed E-state index contributed by atoms with van der Waals surface area (Å²) in [6.07, 6.45) is 0.128. The molecule has 0 aliphatic carbocycles. The summed E-state index contributed by atoms with van der Waals surface area (Å²) in [6.45, 7) is 5.24. The van der Waals surface area contributed by atoms with Crippen LogP contribution in [0.2, 0.25) is 9.62 Å². The van der Waals surface area contributed by atoms with Crippen LogP contribution >= 0.6 is 34.5 Å². The number of amides is 1. The second-order valence-electron chi connectivity index (χ2n) is 4.72. The van der Waals surface area contributed by atoms with E-state index in [-0.39, 0.29) is 16.0 Å². The Bertz CT molecular complexity index is 471. The fourth-order valence-corrected chi connectivity index (χ4v) is 2.79. The van der Waals surface area contributed by atoms with E-state index in [9.17, 15) is 9.59 Å². The van der Waals surface area contributed by atoms with E-state index in [1.54, 1.807) is 20.8 Å². The highest BCUT2D eigenvalue weighted by atomic mass is 35.5. The lowest BCUT2D eigenvalue weighted by Crippen LogP contribution is -2.35. The topological polar surface area (TPSA) is 68.3 Å². The molecule has 0 bridgehead atoms. The summed E-state index contributed by atoms with van der Waals surface area (Å²) < 4.78 is 5.38. The zero-order valence-corrected chi connectivity index (χ0v) is 13.0. The molecule has 1 aromatic rings. The number of hydrogen-bond acceptors (Lipinski definition) is 5. The molecule has 0 fully saturated rings.